The molecule has 0 aromatic heterocycles. The minimum absolute atomic E-state index is 0.0578. The molecule has 1 amide bonds. The Morgan fingerprint density at radius 1 is 1.11 bits per heavy atom. The maximum atomic E-state index is 12.6. The second-order valence-electron chi connectivity index (χ2n) is 8.84. The molecule has 28 heavy (non-hydrogen) atoms. The van der Waals surface area contributed by atoms with Crippen molar-refractivity contribution in [3.63, 3.8) is 0 Å². The SMILES string of the molecule is C[C@H](OC[C@@H]1CCCCO1)C(=O)O[C@@H](C)[C@H]1CCCCN1C(=O)OC(C)(C)C. The van der Waals surface area contributed by atoms with Crippen LogP contribution >= 0.6 is 0 Å². The maximum absolute atomic E-state index is 12.6. The van der Waals surface area contributed by atoms with Gasteiger partial charge in [-0.1, -0.05) is 0 Å². The highest BCUT2D eigenvalue weighted by atomic mass is 16.6. The number of carbonyl (C=O) groups is 2. The lowest BCUT2D eigenvalue weighted by molar-refractivity contribution is -0.167. The molecule has 2 saturated heterocycles. The van der Waals surface area contributed by atoms with E-state index in [9.17, 15) is 9.59 Å². The Morgan fingerprint density at radius 2 is 1.82 bits per heavy atom. The second kappa shape index (κ2) is 10.4. The molecule has 2 aliphatic heterocycles. The van der Waals surface area contributed by atoms with Crippen LogP contribution in [0.2, 0.25) is 0 Å². The molecule has 4 atom stereocenters. The number of likely N-dealkylation sites (tertiary alicyclic amines) is 1. The van der Waals surface area contributed by atoms with E-state index in [0.717, 1.165) is 45.1 Å². The fraction of sp³-hybridized carbons (Fsp3) is 0.905. The predicted molar refractivity (Wildman–Crippen MR) is 105 cm³/mol. The van der Waals surface area contributed by atoms with Crippen LogP contribution in [0.3, 0.4) is 0 Å². The van der Waals surface area contributed by atoms with Crippen LogP contribution in [0.25, 0.3) is 0 Å². The Bertz CT molecular complexity index is 512. The normalized spacial score (nSPS) is 25.7. The molecule has 0 unspecified atom stereocenters. The summed E-state index contributed by atoms with van der Waals surface area (Å²) in [5, 5.41) is 0. The molecule has 0 N–H and O–H groups in total. The van der Waals surface area contributed by atoms with E-state index < -0.39 is 23.8 Å². The molecule has 0 spiro atoms. The molecule has 0 aromatic carbocycles. The van der Waals surface area contributed by atoms with E-state index in [1.54, 1.807) is 11.8 Å². The monoisotopic (exact) mass is 399 g/mol. The summed E-state index contributed by atoms with van der Waals surface area (Å²) in [6.45, 7) is 10.9. The molecular formula is C21H37NO6. The van der Waals surface area contributed by atoms with Gasteiger partial charge in [0.05, 0.1) is 18.8 Å². The van der Waals surface area contributed by atoms with Gasteiger partial charge in [0.15, 0.2) is 6.10 Å². The lowest BCUT2D eigenvalue weighted by atomic mass is 9.98. The summed E-state index contributed by atoms with van der Waals surface area (Å²) >= 11 is 0. The number of esters is 1. The van der Waals surface area contributed by atoms with E-state index in [2.05, 4.69) is 0 Å². The lowest BCUT2D eigenvalue weighted by Gasteiger charge is -2.39. The van der Waals surface area contributed by atoms with Crippen molar-refractivity contribution >= 4 is 12.1 Å². The molecule has 0 radical (unpaired) electrons. The highest BCUT2D eigenvalue weighted by molar-refractivity contribution is 5.74. The van der Waals surface area contributed by atoms with Crippen molar-refractivity contribution < 1.29 is 28.5 Å². The van der Waals surface area contributed by atoms with Gasteiger partial charge in [0.25, 0.3) is 0 Å². The zero-order valence-electron chi connectivity index (χ0n) is 18.1. The van der Waals surface area contributed by atoms with Crippen LogP contribution in [0.15, 0.2) is 0 Å². The number of nitrogens with zero attached hydrogens (tertiary/aromatic N) is 1. The molecule has 2 aliphatic rings. The average Bonchev–Trinajstić information content (AvgIpc) is 2.65. The van der Waals surface area contributed by atoms with E-state index in [1.807, 2.05) is 27.7 Å². The van der Waals surface area contributed by atoms with Gasteiger partial charge in [-0.05, 0) is 73.1 Å². The third kappa shape index (κ3) is 7.24. The van der Waals surface area contributed by atoms with Gasteiger partial charge in [-0.2, -0.15) is 0 Å². The first-order valence-corrected chi connectivity index (χ1v) is 10.6. The van der Waals surface area contributed by atoms with Crippen molar-refractivity contribution in [2.45, 2.75) is 103 Å². The van der Waals surface area contributed by atoms with Crippen LogP contribution in [0.5, 0.6) is 0 Å². The van der Waals surface area contributed by atoms with Crippen molar-refractivity contribution in [3.05, 3.63) is 0 Å². The van der Waals surface area contributed by atoms with Crippen molar-refractivity contribution in [2.24, 2.45) is 0 Å². The Balaban J connectivity index is 1.84. The van der Waals surface area contributed by atoms with E-state index in [4.69, 9.17) is 18.9 Å². The summed E-state index contributed by atoms with van der Waals surface area (Å²) in [4.78, 5) is 26.7. The van der Waals surface area contributed by atoms with E-state index in [0.29, 0.717) is 13.2 Å². The summed E-state index contributed by atoms with van der Waals surface area (Å²) in [7, 11) is 0. The molecule has 0 saturated carbocycles. The number of ether oxygens (including phenoxy) is 4. The minimum atomic E-state index is -0.661. The molecular weight excluding hydrogens is 362 g/mol. The quantitative estimate of drug-likeness (QED) is 0.634. The standard InChI is InChI=1S/C21H37NO6/c1-15(18-11-6-8-12-22(18)20(24)28-21(3,4)5)27-19(23)16(2)26-14-17-10-7-9-13-25-17/h15-18H,6-14H2,1-5H3/t15-,16-,17-,18+/m0/s1. The van der Waals surface area contributed by atoms with E-state index >= 15 is 0 Å². The van der Waals surface area contributed by atoms with E-state index in [-0.39, 0.29) is 18.2 Å². The number of hydrogen-bond acceptors (Lipinski definition) is 6. The van der Waals surface area contributed by atoms with Crippen LogP contribution in [0.4, 0.5) is 4.79 Å². The largest absolute Gasteiger partial charge is 0.459 e. The highest BCUT2D eigenvalue weighted by Crippen LogP contribution is 2.24. The minimum Gasteiger partial charge on any atom is -0.459 e. The molecule has 0 aliphatic carbocycles. The zero-order chi connectivity index (χ0) is 20.7. The van der Waals surface area contributed by atoms with Crippen LogP contribution < -0.4 is 0 Å². The Kier molecular flexibility index (Phi) is 8.56. The third-order valence-corrected chi connectivity index (χ3v) is 5.16. The first-order chi connectivity index (χ1) is 13.2. The summed E-state index contributed by atoms with van der Waals surface area (Å²) in [6.07, 6.45) is 4.52. The first kappa shape index (κ1) is 22.9. The van der Waals surface area contributed by atoms with Crippen molar-refractivity contribution in [3.8, 4) is 0 Å². The predicted octanol–water partition coefficient (Wildman–Crippen LogP) is 3.68. The van der Waals surface area contributed by atoms with Gasteiger partial charge in [0.1, 0.15) is 11.7 Å². The lowest BCUT2D eigenvalue weighted by Crippen LogP contribution is -2.52. The Hall–Kier alpha value is -1.34. The zero-order valence-corrected chi connectivity index (χ0v) is 18.1. The van der Waals surface area contributed by atoms with Crippen LogP contribution in [-0.4, -0.2) is 66.7 Å². The van der Waals surface area contributed by atoms with Gasteiger partial charge in [0.2, 0.25) is 0 Å². The third-order valence-electron chi connectivity index (χ3n) is 5.16. The highest BCUT2D eigenvalue weighted by Gasteiger charge is 2.36. The van der Waals surface area contributed by atoms with Gasteiger partial charge in [-0.25, -0.2) is 9.59 Å². The molecule has 2 fully saturated rings. The number of amides is 1. The number of piperidine rings is 1. The van der Waals surface area contributed by atoms with E-state index in [1.165, 1.54) is 0 Å². The molecule has 2 rings (SSSR count). The number of carbonyl (C=O) groups excluding carboxylic acids is 2. The number of rotatable bonds is 6. The maximum Gasteiger partial charge on any atom is 0.410 e. The fourth-order valence-corrected chi connectivity index (χ4v) is 3.61. The number of hydrogen-bond donors (Lipinski definition) is 0. The van der Waals surface area contributed by atoms with Crippen molar-refractivity contribution in [1.29, 1.82) is 0 Å². The van der Waals surface area contributed by atoms with Gasteiger partial charge < -0.3 is 23.8 Å². The topological polar surface area (TPSA) is 74.3 Å². The molecule has 0 aromatic rings. The Morgan fingerprint density at radius 3 is 2.46 bits per heavy atom. The fourth-order valence-electron chi connectivity index (χ4n) is 3.61. The molecule has 7 heteroatoms. The van der Waals surface area contributed by atoms with Crippen molar-refractivity contribution in [1.82, 2.24) is 4.90 Å². The molecule has 162 valence electrons. The van der Waals surface area contributed by atoms with Gasteiger partial charge in [-0.3, -0.25) is 0 Å². The first-order valence-electron chi connectivity index (χ1n) is 10.6. The molecule has 7 nitrogen and oxygen atoms in total. The van der Waals surface area contributed by atoms with Crippen LogP contribution in [-0.2, 0) is 23.7 Å². The second-order valence-corrected chi connectivity index (χ2v) is 8.84. The average molecular weight is 400 g/mol. The van der Waals surface area contributed by atoms with Crippen LogP contribution in [0.1, 0.15) is 73.1 Å². The summed E-state index contributed by atoms with van der Waals surface area (Å²) in [5.74, 6) is -0.405. The summed E-state index contributed by atoms with van der Waals surface area (Å²) in [6, 6.07) is -0.179. The van der Waals surface area contributed by atoms with Gasteiger partial charge in [0, 0.05) is 13.2 Å². The van der Waals surface area contributed by atoms with Gasteiger partial charge >= 0.3 is 12.1 Å². The molecule has 2 heterocycles. The summed E-state index contributed by atoms with van der Waals surface area (Å²) < 4.78 is 22.5. The van der Waals surface area contributed by atoms with Gasteiger partial charge in [-0.15, -0.1) is 0 Å². The smallest absolute Gasteiger partial charge is 0.410 e. The Labute approximate surface area is 169 Å². The summed E-state index contributed by atoms with van der Waals surface area (Å²) in [5.41, 5.74) is -0.553. The van der Waals surface area contributed by atoms with Crippen LogP contribution in [0, 0.1) is 0 Å². The molecule has 0 bridgehead atoms. The van der Waals surface area contributed by atoms with Crippen molar-refractivity contribution in [2.75, 3.05) is 19.8 Å².